The van der Waals surface area contributed by atoms with Gasteiger partial charge in [0, 0.05) is 10.5 Å². The first-order valence-corrected chi connectivity index (χ1v) is 3.98. The van der Waals surface area contributed by atoms with Crippen LogP contribution < -0.4 is 10.1 Å². The van der Waals surface area contributed by atoms with Crippen molar-refractivity contribution in [2.24, 2.45) is 0 Å². The second-order valence-corrected chi connectivity index (χ2v) is 2.98. The first-order valence-electron chi connectivity index (χ1n) is 3.54. The van der Waals surface area contributed by atoms with Crippen LogP contribution in [0, 0.1) is 0 Å². The number of benzene rings is 1. The molecule has 1 amide bonds. The minimum absolute atomic E-state index is 0.401. The van der Waals surface area contributed by atoms with Crippen LogP contribution in [0.1, 0.15) is 5.56 Å². The average molecular weight is 181 g/mol. The molecule has 1 aromatic rings. The number of ether oxygens (including phenoxy) is 1. The Morgan fingerprint density at radius 2 is 2.33 bits per heavy atom. The second-order valence-electron chi connectivity index (χ2n) is 2.50. The molecule has 62 valence electrons. The number of carbonyl (C=O) groups is 1. The monoisotopic (exact) mass is 181 g/mol. The number of hydrogen-bond donors (Lipinski definition) is 2. The molecular formula is C8H7NO2S. The van der Waals surface area contributed by atoms with Gasteiger partial charge in [-0.25, -0.2) is 4.79 Å². The van der Waals surface area contributed by atoms with E-state index in [0.29, 0.717) is 12.3 Å². The smallest absolute Gasteiger partial charge is 0.410 e. The molecule has 0 spiro atoms. The van der Waals surface area contributed by atoms with Crippen molar-refractivity contribution in [3.63, 3.8) is 0 Å². The Bertz CT molecular complexity index is 338. The maximum Gasteiger partial charge on any atom is 0.412 e. The van der Waals surface area contributed by atoms with Crippen molar-refractivity contribution in [2.75, 3.05) is 0 Å². The predicted molar refractivity (Wildman–Crippen MR) is 46.6 cm³/mol. The Morgan fingerprint density at radius 1 is 1.50 bits per heavy atom. The van der Waals surface area contributed by atoms with E-state index in [9.17, 15) is 4.79 Å². The third kappa shape index (κ3) is 1.14. The van der Waals surface area contributed by atoms with Gasteiger partial charge in [-0.2, -0.15) is 0 Å². The third-order valence-corrected chi connectivity index (χ3v) is 2.14. The fraction of sp³-hybridized carbons (Fsp3) is 0.125. The minimum atomic E-state index is -0.401. The Hall–Kier alpha value is -1.16. The number of thiol groups is 1. The SMILES string of the molecule is O=C1NCc2c(S)cccc2O1. The Morgan fingerprint density at radius 3 is 3.17 bits per heavy atom. The van der Waals surface area contributed by atoms with Crippen molar-refractivity contribution in [3.8, 4) is 5.75 Å². The van der Waals surface area contributed by atoms with Crippen LogP contribution in [0.15, 0.2) is 23.1 Å². The third-order valence-electron chi connectivity index (χ3n) is 1.72. The molecular weight excluding hydrogens is 174 g/mol. The number of carbonyl (C=O) groups excluding carboxylic acids is 1. The molecule has 0 aliphatic carbocycles. The highest BCUT2D eigenvalue weighted by Crippen LogP contribution is 2.27. The van der Waals surface area contributed by atoms with Gasteiger partial charge >= 0.3 is 6.09 Å². The number of fused-ring (bicyclic) bond motifs is 1. The predicted octanol–water partition coefficient (Wildman–Crippen LogP) is 1.58. The van der Waals surface area contributed by atoms with Crippen molar-refractivity contribution >= 4 is 18.7 Å². The largest absolute Gasteiger partial charge is 0.412 e. The van der Waals surface area contributed by atoms with Crippen LogP contribution in [0.5, 0.6) is 5.75 Å². The van der Waals surface area contributed by atoms with E-state index in [4.69, 9.17) is 4.74 Å². The van der Waals surface area contributed by atoms with Gasteiger partial charge in [0.15, 0.2) is 0 Å². The van der Waals surface area contributed by atoms with Gasteiger partial charge in [0.1, 0.15) is 5.75 Å². The lowest BCUT2D eigenvalue weighted by molar-refractivity contribution is 0.194. The summed E-state index contributed by atoms with van der Waals surface area (Å²) >= 11 is 4.23. The molecule has 1 N–H and O–H groups in total. The first kappa shape index (κ1) is 7.49. The quantitative estimate of drug-likeness (QED) is 0.596. The molecule has 2 rings (SSSR count). The molecule has 3 nitrogen and oxygen atoms in total. The second kappa shape index (κ2) is 2.71. The summed E-state index contributed by atoms with van der Waals surface area (Å²) in [4.78, 5) is 11.6. The van der Waals surface area contributed by atoms with E-state index in [-0.39, 0.29) is 0 Å². The van der Waals surface area contributed by atoms with Crippen LogP contribution in [-0.4, -0.2) is 6.09 Å². The van der Waals surface area contributed by atoms with Crippen LogP contribution >= 0.6 is 12.6 Å². The standard InChI is InChI=1S/C8H7NO2S/c10-8-9-4-5-6(11-8)2-1-3-7(5)12/h1-3,12H,4H2,(H,9,10). The molecule has 1 aromatic carbocycles. The molecule has 1 heterocycles. The zero-order valence-electron chi connectivity index (χ0n) is 6.20. The zero-order valence-corrected chi connectivity index (χ0v) is 7.10. The molecule has 0 bridgehead atoms. The van der Waals surface area contributed by atoms with Crippen LogP contribution in [0.25, 0.3) is 0 Å². The van der Waals surface area contributed by atoms with Gasteiger partial charge in [0.2, 0.25) is 0 Å². The van der Waals surface area contributed by atoms with E-state index in [2.05, 4.69) is 17.9 Å². The number of hydrogen-bond acceptors (Lipinski definition) is 3. The van der Waals surface area contributed by atoms with Gasteiger partial charge < -0.3 is 10.1 Å². The minimum Gasteiger partial charge on any atom is -0.410 e. The van der Waals surface area contributed by atoms with Gasteiger partial charge in [-0.1, -0.05) is 6.07 Å². The number of amides is 1. The van der Waals surface area contributed by atoms with Gasteiger partial charge in [-0.3, -0.25) is 0 Å². The van der Waals surface area contributed by atoms with E-state index >= 15 is 0 Å². The highest BCUT2D eigenvalue weighted by atomic mass is 32.1. The maximum atomic E-state index is 10.8. The highest BCUT2D eigenvalue weighted by molar-refractivity contribution is 7.80. The van der Waals surface area contributed by atoms with Crippen molar-refractivity contribution in [1.29, 1.82) is 0 Å². The van der Waals surface area contributed by atoms with Gasteiger partial charge in [0.25, 0.3) is 0 Å². The molecule has 0 aromatic heterocycles. The normalized spacial score (nSPS) is 14.6. The molecule has 0 atom stereocenters. The lowest BCUT2D eigenvalue weighted by atomic mass is 10.2. The number of rotatable bonds is 0. The summed E-state index contributed by atoms with van der Waals surface area (Å²) in [5.74, 6) is 0.603. The summed E-state index contributed by atoms with van der Waals surface area (Å²) < 4.78 is 4.91. The van der Waals surface area contributed by atoms with Crippen molar-refractivity contribution < 1.29 is 9.53 Å². The Labute approximate surface area is 75.1 Å². The molecule has 4 heteroatoms. The molecule has 0 saturated heterocycles. The fourth-order valence-electron chi connectivity index (χ4n) is 1.12. The Kier molecular flexibility index (Phi) is 1.69. The van der Waals surface area contributed by atoms with Gasteiger partial charge in [-0.15, -0.1) is 12.6 Å². The number of nitrogens with one attached hydrogen (secondary N) is 1. The summed E-state index contributed by atoms with van der Waals surface area (Å²) in [6, 6.07) is 5.43. The van der Waals surface area contributed by atoms with Crippen LogP contribution in [-0.2, 0) is 6.54 Å². The highest BCUT2D eigenvalue weighted by Gasteiger charge is 2.16. The molecule has 1 aliphatic heterocycles. The maximum absolute atomic E-state index is 10.8. The molecule has 0 saturated carbocycles. The summed E-state index contributed by atoms with van der Waals surface area (Å²) in [5.41, 5.74) is 0.931. The van der Waals surface area contributed by atoms with E-state index < -0.39 is 6.09 Å². The van der Waals surface area contributed by atoms with Crippen molar-refractivity contribution in [3.05, 3.63) is 23.8 Å². The van der Waals surface area contributed by atoms with Crippen LogP contribution in [0.3, 0.4) is 0 Å². The van der Waals surface area contributed by atoms with E-state index in [1.807, 2.05) is 6.07 Å². The first-order chi connectivity index (χ1) is 5.77. The Balaban J connectivity index is 2.48. The zero-order chi connectivity index (χ0) is 8.55. The van der Waals surface area contributed by atoms with Gasteiger partial charge in [0.05, 0.1) is 6.54 Å². The van der Waals surface area contributed by atoms with Crippen LogP contribution in [0.2, 0.25) is 0 Å². The fourth-order valence-corrected chi connectivity index (χ4v) is 1.40. The summed E-state index contributed by atoms with van der Waals surface area (Å²) in [6.07, 6.45) is -0.401. The molecule has 0 unspecified atom stereocenters. The molecule has 0 radical (unpaired) electrons. The summed E-state index contributed by atoms with van der Waals surface area (Å²) in [6.45, 7) is 0.494. The molecule has 1 aliphatic rings. The van der Waals surface area contributed by atoms with E-state index in [1.54, 1.807) is 12.1 Å². The van der Waals surface area contributed by atoms with Crippen LogP contribution in [0.4, 0.5) is 4.79 Å². The van der Waals surface area contributed by atoms with Crippen molar-refractivity contribution in [1.82, 2.24) is 5.32 Å². The average Bonchev–Trinajstić information content (AvgIpc) is 2.04. The van der Waals surface area contributed by atoms with E-state index in [0.717, 1.165) is 10.5 Å². The van der Waals surface area contributed by atoms with Crippen molar-refractivity contribution in [2.45, 2.75) is 11.4 Å². The van der Waals surface area contributed by atoms with E-state index in [1.165, 1.54) is 0 Å². The molecule has 0 fully saturated rings. The molecule has 12 heavy (non-hydrogen) atoms. The topological polar surface area (TPSA) is 38.3 Å². The van der Waals surface area contributed by atoms with Gasteiger partial charge in [-0.05, 0) is 12.1 Å². The summed E-state index contributed by atoms with van der Waals surface area (Å²) in [5, 5.41) is 2.57. The lowest BCUT2D eigenvalue weighted by Gasteiger charge is -2.17. The lowest BCUT2D eigenvalue weighted by Crippen LogP contribution is -2.31. The summed E-state index contributed by atoms with van der Waals surface area (Å²) in [7, 11) is 0.